The first-order valence-corrected chi connectivity index (χ1v) is 7.56. The van der Waals surface area contributed by atoms with Gasteiger partial charge in [0.25, 0.3) is 0 Å². The Hall–Kier alpha value is -3.13. The van der Waals surface area contributed by atoms with Crippen LogP contribution in [0.5, 0.6) is 0 Å². The van der Waals surface area contributed by atoms with Crippen molar-refractivity contribution in [1.29, 1.82) is 0 Å². The number of rotatable bonds is 5. The molecule has 130 valence electrons. The standard InChI is InChI=1S/C17H17FN4O3/c1-17(24,15-4-2-9-25-15)11-19-16(23)21-13-10-12(18)5-6-14(13)22-8-3-7-20-22/h2-10,24H,11H2,1H3,(H2,19,21,23)/t17-/m0/s1. The highest BCUT2D eigenvalue weighted by molar-refractivity contribution is 5.91. The predicted molar refractivity (Wildman–Crippen MR) is 88.8 cm³/mol. The number of aromatic nitrogens is 2. The summed E-state index contributed by atoms with van der Waals surface area (Å²) in [5, 5.41) is 19.5. The third-order valence-electron chi connectivity index (χ3n) is 3.60. The Bertz CT molecular complexity index is 845. The maximum absolute atomic E-state index is 13.5. The quantitative estimate of drug-likeness (QED) is 0.663. The first kappa shape index (κ1) is 16.7. The molecule has 2 amide bonds. The van der Waals surface area contributed by atoms with Gasteiger partial charge < -0.3 is 20.2 Å². The molecule has 8 heteroatoms. The molecule has 0 aliphatic rings. The summed E-state index contributed by atoms with van der Waals surface area (Å²) in [6, 6.07) is 8.37. The smallest absolute Gasteiger partial charge is 0.319 e. The molecule has 3 N–H and O–H groups in total. The molecule has 3 aromatic rings. The summed E-state index contributed by atoms with van der Waals surface area (Å²) in [6.07, 6.45) is 4.69. The van der Waals surface area contributed by atoms with Gasteiger partial charge in [-0.3, -0.25) is 0 Å². The average Bonchev–Trinajstić information content (AvgIpc) is 3.27. The van der Waals surface area contributed by atoms with Crippen molar-refractivity contribution >= 4 is 11.7 Å². The Kier molecular flexibility index (Phi) is 4.53. The Morgan fingerprint density at radius 1 is 1.40 bits per heavy atom. The molecule has 0 saturated heterocycles. The van der Waals surface area contributed by atoms with Crippen molar-refractivity contribution in [3.05, 3.63) is 66.6 Å². The number of hydrogen-bond acceptors (Lipinski definition) is 4. The molecule has 0 spiro atoms. The number of nitrogens with zero attached hydrogens (tertiary/aromatic N) is 2. The van der Waals surface area contributed by atoms with Crippen molar-refractivity contribution in [2.75, 3.05) is 11.9 Å². The summed E-state index contributed by atoms with van der Waals surface area (Å²) in [5.41, 5.74) is -0.605. The minimum absolute atomic E-state index is 0.0846. The van der Waals surface area contributed by atoms with Crippen molar-refractivity contribution < 1.29 is 18.7 Å². The van der Waals surface area contributed by atoms with E-state index in [2.05, 4.69) is 15.7 Å². The topological polar surface area (TPSA) is 92.3 Å². The number of furan rings is 1. The van der Waals surface area contributed by atoms with Gasteiger partial charge in [0.15, 0.2) is 0 Å². The molecule has 0 aliphatic heterocycles. The van der Waals surface area contributed by atoms with Crippen LogP contribution in [0, 0.1) is 5.82 Å². The van der Waals surface area contributed by atoms with E-state index >= 15 is 0 Å². The maximum atomic E-state index is 13.5. The zero-order valence-corrected chi connectivity index (χ0v) is 13.4. The van der Waals surface area contributed by atoms with Crippen LogP contribution < -0.4 is 10.6 Å². The minimum Gasteiger partial charge on any atom is -0.466 e. The van der Waals surface area contributed by atoms with E-state index in [4.69, 9.17) is 4.42 Å². The average molecular weight is 344 g/mol. The fraction of sp³-hybridized carbons (Fsp3) is 0.176. The minimum atomic E-state index is -1.37. The largest absolute Gasteiger partial charge is 0.466 e. The molecule has 0 fully saturated rings. The second-order valence-electron chi connectivity index (χ2n) is 5.67. The predicted octanol–water partition coefficient (Wildman–Crippen LogP) is 2.63. The summed E-state index contributed by atoms with van der Waals surface area (Å²) in [7, 11) is 0. The van der Waals surface area contributed by atoms with E-state index in [0.29, 0.717) is 11.4 Å². The number of anilines is 1. The van der Waals surface area contributed by atoms with Crippen molar-refractivity contribution in [2.45, 2.75) is 12.5 Å². The number of carbonyl (C=O) groups excluding carboxylic acids is 1. The molecule has 2 heterocycles. The Morgan fingerprint density at radius 2 is 2.24 bits per heavy atom. The van der Waals surface area contributed by atoms with Crippen LogP contribution in [0.25, 0.3) is 5.69 Å². The molecule has 0 bridgehead atoms. The highest BCUT2D eigenvalue weighted by atomic mass is 19.1. The fourth-order valence-corrected chi connectivity index (χ4v) is 2.31. The van der Waals surface area contributed by atoms with Gasteiger partial charge in [0.2, 0.25) is 0 Å². The lowest BCUT2D eigenvalue weighted by Gasteiger charge is -2.21. The molecule has 7 nitrogen and oxygen atoms in total. The number of aliphatic hydroxyl groups is 1. The van der Waals surface area contributed by atoms with E-state index in [1.165, 1.54) is 36.1 Å². The van der Waals surface area contributed by atoms with Crippen LogP contribution in [-0.4, -0.2) is 27.5 Å². The molecule has 0 radical (unpaired) electrons. The van der Waals surface area contributed by atoms with Crippen LogP contribution in [0.3, 0.4) is 0 Å². The lowest BCUT2D eigenvalue weighted by Crippen LogP contribution is -2.40. The van der Waals surface area contributed by atoms with Gasteiger partial charge in [-0.15, -0.1) is 0 Å². The van der Waals surface area contributed by atoms with E-state index in [-0.39, 0.29) is 12.2 Å². The highest BCUT2D eigenvalue weighted by Gasteiger charge is 2.26. The Labute approximate surface area is 143 Å². The number of nitrogens with one attached hydrogen (secondary N) is 2. The van der Waals surface area contributed by atoms with Crippen LogP contribution in [0.2, 0.25) is 0 Å². The molecular formula is C17H17FN4O3. The third kappa shape index (κ3) is 3.86. The van der Waals surface area contributed by atoms with E-state index in [1.54, 1.807) is 30.6 Å². The van der Waals surface area contributed by atoms with Gasteiger partial charge >= 0.3 is 6.03 Å². The van der Waals surface area contributed by atoms with E-state index in [9.17, 15) is 14.3 Å². The second-order valence-corrected chi connectivity index (χ2v) is 5.67. The number of carbonyl (C=O) groups is 1. The normalized spacial score (nSPS) is 13.2. The molecule has 0 saturated carbocycles. The first-order chi connectivity index (χ1) is 12.0. The number of amides is 2. The zero-order chi connectivity index (χ0) is 17.9. The van der Waals surface area contributed by atoms with E-state index < -0.39 is 17.4 Å². The Balaban J connectivity index is 1.70. The number of halogens is 1. The summed E-state index contributed by atoms with van der Waals surface area (Å²) in [5.74, 6) is -0.162. The van der Waals surface area contributed by atoms with Crippen molar-refractivity contribution in [3.63, 3.8) is 0 Å². The van der Waals surface area contributed by atoms with Gasteiger partial charge in [0, 0.05) is 12.4 Å². The van der Waals surface area contributed by atoms with Crippen molar-refractivity contribution in [2.24, 2.45) is 0 Å². The molecule has 3 rings (SSSR count). The van der Waals surface area contributed by atoms with Crippen LogP contribution in [-0.2, 0) is 5.60 Å². The van der Waals surface area contributed by atoms with Crippen LogP contribution in [0.1, 0.15) is 12.7 Å². The van der Waals surface area contributed by atoms with Gasteiger partial charge in [-0.25, -0.2) is 13.9 Å². The molecular weight excluding hydrogens is 327 g/mol. The fourth-order valence-electron chi connectivity index (χ4n) is 2.31. The molecule has 0 aliphatic carbocycles. The SMILES string of the molecule is C[C@](O)(CNC(=O)Nc1cc(F)ccc1-n1cccn1)c1ccco1. The monoisotopic (exact) mass is 344 g/mol. The van der Waals surface area contributed by atoms with E-state index in [0.717, 1.165) is 0 Å². The van der Waals surface area contributed by atoms with Crippen molar-refractivity contribution in [1.82, 2.24) is 15.1 Å². The second kappa shape index (κ2) is 6.78. The van der Waals surface area contributed by atoms with Crippen LogP contribution >= 0.6 is 0 Å². The maximum Gasteiger partial charge on any atom is 0.319 e. The lowest BCUT2D eigenvalue weighted by atomic mass is 10.0. The van der Waals surface area contributed by atoms with Gasteiger partial charge in [0.05, 0.1) is 24.2 Å². The van der Waals surface area contributed by atoms with Crippen molar-refractivity contribution in [3.8, 4) is 5.69 Å². The number of hydrogen-bond donors (Lipinski definition) is 3. The number of benzene rings is 1. The van der Waals surface area contributed by atoms with Crippen LogP contribution in [0.15, 0.2) is 59.5 Å². The molecule has 0 unspecified atom stereocenters. The van der Waals surface area contributed by atoms with Gasteiger partial charge in [-0.1, -0.05) is 0 Å². The molecule has 1 atom stereocenters. The molecule has 25 heavy (non-hydrogen) atoms. The summed E-state index contributed by atoms with van der Waals surface area (Å²) in [4.78, 5) is 12.1. The van der Waals surface area contributed by atoms with Crippen LogP contribution in [0.4, 0.5) is 14.9 Å². The van der Waals surface area contributed by atoms with Gasteiger partial charge in [0.1, 0.15) is 17.2 Å². The summed E-state index contributed by atoms with van der Waals surface area (Å²) < 4.78 is 20.2. The molecule has 1 aromatic carbocycles. The summed E-state index contributed by atoms with van der Waals surface area (Å²) in [6.45, 7) is 1.43. The number of urea groups is 1. The Morgan fingerprint density at radius 3 is 2.92 bits per heavy atom. The molecule has 2 aromatic heterocycles. The highest BCUT2D eigenvalue weighted by Crippen LogP contribution is 2.22. The summed E-state index contributed by atoms with van der Waals surface area (Å²) >= 11 is 0. The van der Waals surface area contributed by atoms with Gasteiger partial charge in [-0.2, -0.15) is 5.10 Å². The van der Waals surface area contributed by atoms with Gasteiger partial charge in [-0.05, 0) is 43.3 Å². The third-order valence-corrected chi connectivity index (χ3v) is 3.60. The zero-order valence-electron chi connectivity index (χ0n) is 13.4. The lowest BCUT2D eigenvalue weighted by molar-refractivity contribution is 0.0372. The van der Waals surface area contributed by atoms with E-state index in [1.807, 2.05) is 0 Å². The first-order valence-electron chi connectivity index (χ1n) is 7.56.